The van der Waals surface area contributed by atoms with Crippen molar-refractivity contribution in [2.75, 3.05) is 80.0 Å². The lowest BCUT2D eigenvalue weighted by Gasteiger charge is -2.30. The first-order valence-corrected chi connectivity index (χ1v) is 10.4. The molecule has 0 atom stereocenters. The third-order valence-electron chi connectivity index (χ3n) is 4.42. The van der Waals surface area contributed by atoms with Crippen molar-refractivity contribution in [2.24, 2.45) is 17.8 Å². The van der Waals surface area contributed by atoms with Crippen molar-refractivity contribution in [1.82, 2.24) is 19.6 Å². The highest BCUT2D eigenvalue weighted by molar-refractivity contribution is 4.67. The molecular formula is C21H48N4. The molecule has 0 rings (SSSR count). The fraction of sp³-hybridized carbons (Fsp3) is 1.00. The van der Waals surface area contributed by atoms with E-state index in [-0.39, 0.29) is 0 Å². The number of nitrogens with zero attached hydrogens (tertiary/aromatic N) is 4. The molecule has 0 aliphatic carbocycles. The molecule has 0 spiro atoms. The van der Waals surface area contributed by atoms with Crippen molar-refractivity contribution in [2.45, 2.75) is 41.5 Å². The van der Waals surface area contributed by atoms with Crippen LogP contribution in [0, 0.1) is 17.8 Å². The Kier molecular flexibility index (Phi) is 13.9. The lowest BCUT2D eigenvalue weighted by molar-refractivity contribution is 0.167. The first kappa shape index (κ1) is 24.8. The Morgan fingerprint density at radius 1 is 0.440 bits per heavy atom. The third kappa shape index (κ3) is 15.8. The van der Waals surface area contributed by atoms with Crippen LogP contribution < -0.4 is 0 Å². The van der Waals surface area contributed by atoms with E-state index >= 15 is 0 Å². The molecule has 0 fully saturated rings. The molecule has 0 aromatic carbocycles. The van der Waals surface area contributed by atoms with Crippen LogP contribution >= 0.6 is 0 Å². The Labute approximate surface area is 159 Å². The van der Waals surface area contributed by atoms with Gasteiger partial charge < -0.3 is 14.7 Å². The van der Waals surface area contributed by atoms with Crippen molar-refractivity contribution in [1.29, 1.82) is 0 Å². The minimum absolute atomic E-state index is 0.743. The molecular weight excluding hydrogens is 308 g/mol. The van der Waals surface area contributed by atoms with Crippen LogP contribution in [0.25, 0.3) is 0 Å². The van der Waals surface area contributed by atoms with Gasteiger partial charge in [-0.05, 0) is 38.9 Å². The van der Waals surface area contributed by atoms with E-state index in [4.69, 9.17) is 0 Å². The molecule has 0 aliphatic heterocycles. The molecule has 0 aliphatic rings. The fourth-order valence-electron chi connectivity index (χ4n) is 3.42. The van der Waals surface area contributed by atoms with E-state index in [1.54, 1.807) is 0 Å². The SMILES string of the molecule is CC(C)CN(C)CCN(CCN(C)CC(C)C)CCN(C)CC(C)C. The van der Waals surface area contributed by atoms with Gasteiger partial charge in [-0.25, -0.2) is 0 Å². The highest BCUT2D eigenvalue weighted by Gasteiger charge is 2.11. The second kappa shape index (κ2) is 14.0. The monoisotopic (exact) mass is 356 g/mol. The predicted octanol–water partition coefficient (Wildman–Crippen LogP) is 3.05. The Hall–Kier alpha value is -0.160. The predicted molar refractivity (Wildman–Crippen MR) is 113 cm³/mol. The van der Waals surface area contributed by atoms with Crippen LogP contribution in [0.3, 0.4) is 0 Å². The molecule has 0 radical (unpaired) electrons. The maximum absolute atomic E-state index is 2.66. The van der Waals surface area contributed by atoms with Gasteiger partial charge in [0.15, 0.2) is 0 Å². The molecule has 0 saturated heterocycles. The molecule has 0 unspecified atom stereocenters. The molecule has 0 aromatic rings. The topological polar surface area (TPSA) is 13.0 Å². The number of likely N-dealkylation sites (N-methyl/N-ethyl adjacent to an activating group) is 3. The van der Waals surface area contributed by atoms with Crippen LogP contribution in [0.1, 0.15) is 41.5 Å². The van der Waals surface area contributed by atoms with Gasteiger partial charge in [-0.2, -0.15) is 0 Å². The zero-order valence-corrected chi connectivity index (χ0v) is 18.9. The summed E-state index contributed by atoms with van der Waals surface area (Å²) in [7, 11) is 6.77. The number of hydrogen-bond acceptors (Lipinski definition) is 4. The minimum Gasteiger partial charge on any atom is -0.305 e. The third-order valence-corrected chi connectivity index (χ3v) is 4.42. The summed E-state index contributed by atoms with van der Waals surface area (Å²) in [6, 6.07) is 0. The zero-order chi connectivity index (χ0) is 19.4. The Morgan fingerprint density at radius 2 is 0.680 bits per heavy atom. The lowest BCUT2D eigenvalue weighted by atomic mass is 10.2. The second-order valence-electron chi connectivity index (χ2n) is 9.31. The van der Waals surface area contributed by atoms with E-state index in [0.29, 0.717) is 0 Å². The van der Waals surface area contributed by atoms with Gasteiger partial charge in [-0.3, -0.25) is 4.90 Å². The van der Waals surface area contributed by atoms with Crippen LogP contribution in [0.5, 0.6) is 0 Å². The molecule has 0 bridgehead atoms. The molecule has 0 N–H and O–H groups in total. The maximum Gasteiger partial charge on any atom is 0.0110 e. The summed E-state index contributed by atoms with van der Waals surface area (Å²) in [6.07, 6.45) is 0. The fourth-order valence-corrected chi connectivity index (χ4v) is 3.42. The van der Waals surface area contributed by atoms with E-state index in [9.17, 15) is 0 Å². The van der Waals surface area contributed by atoms with Crippen LogP contribution in [-0.2, 0) is 0 Å². The summed E-state index contributed by atoms with van der Waals surface area (Å²) in [5.41, 5.74) is 0. The summed E-state index contributed by atoms with van der Waals surface area (Å²) >= 11 is 0. The van der Waals surface area contributed by atoms with Crippen molar-refractivity contribution < 1.29 is 0 Å². The van der Waals surface area contributed by atoms with Gasteiger partial charge in [0.2, 0.25) is 0 Å². The van der Waals surface area contributed by atoms with Gasteiger partial charge >= 0.3 is 0 Å². The molecule has 4 heteroatoms. The van der Waals surface area contributed by atoms with Crippen molar-refractivity contribution in [3.63, 3.8) is 0 Å². The molecule has 0 amide bonds. The summed E-state index contributed by atoms with van der Waals surface area (Å²) in [5.74, 6) is 2.23. The molecule has 152 valence electrons. The maximum atomic E-state index is 2.66. The number of hydrogen-bond donors (Lipinski definition) is 0. The van der Waals surface area contributed by atoms with Crippen LogP contribution in [0.2, 0.25) is 0 Å². The van der Waals surface area contributed by atoms with Gasteiger partial charge in [0.1, 0.15) is 0 Å². The van der Waals surface area contributed by atoms with E-state index in [0.717, 1.165) is 17.8 Å². The normalized spacial score (nSPS) is 13.0. The Bertz CT molecular complexity index is 257. The summed E-state index contributed by atoms with van der Waals surface area (Å²) in [5, 5.41) is 0. The summed E-state index contributed by atoms with van der Waals surface area (Å²) in [6.45, 7) is 24.4. The van der Waals surface area contributed by atoms with Gasteiger partial charge in [0.25, 0.3) is 0 Å². The molecule has 0 heterocycles. The zero-order valence-electron chi connectivity index (χ0n) is 18.9. The average molecular weight is 357 g/mol. The summed E-state index contributed by atoms with van der Waals surface area (Å²) in [4.78, 5) is 10.1. The van der Waals surface area contributed by atoms with E-state index < -0.39 is 0 Å². The smallest absolute Gasteiger partial charge is 0.0110 e. The molecule has 4 nitrogen and oxygen atoms in total. The highest BCUT2D eigenvalue weighted by Crippen LogP contribution is 2.01. The second-order valence-corrected chi connectivity index (χ2v) is 9.31. The number of rotatable bonds is 15. The molecule has 25 heavy (non-hydrogen) atoms. The van der Waals surface area contributed by atoms with Gasteiger partial charge in [0, 0.05) is 58.9 Å². The van der Waals surface area contributed by atoms with E-state index in [1.807, 2.05) is 0 Å². The Balaban J connectivity index is 4.38. The van der Waals surface area contributed by atoms with Gasteiger partial charge in [0.05, 0.1) is 0 Å². The van der Waals surface area contributed by atoms with Crippen LogP contribution in [-0.4, -0.2) is 99.6 Å². The van der Waals surface area contributed by atoms with E-state index in [1.165, 1.54) is 58.9 Å². The van der Waals surface area contributed by atoms with Gasteiger partial charge in [-0.1, -0.05) is 41.5 Å². The van der Waals surface area contributed by atoms with Crippen LogP contribution in [0.4, 0.5) is 0 Å². The average Bonchev–Trinajstić information content (AvgIpc) is 2.44. The van der Waals surface area contributed by atoms with Crippen molar-refractivity contribution in [3.05, 3.63) is 0 Å². The van der Waals surface area contributed by atoms with Gasteiger partial charge in [-0.15, -0.1) is 0 Å². The van der Waals surface area contributed by atoms with Crippen LogP contribution in [0.15, 0.2) is 0 Å². The molecule has 0 saturated carbocycles. The highest BCUT2D eigenvalue weighted by atomic mass is 15.2. The minimum atomic E-state index is 0.743. The van der Waals surface area contributed by atoms with Crippen molar-refractivity contribution >= 4 is 0 Å². The van der Waals surface area contributed by atoms with Crippen molar-refractivity contribution in [3.8, 4) is 0 Å². The largest absolute Gasteiger partial charge is 0.305 e. The first-order chi connectivity index (χ1) is 11.6. The van der Waals surface area contributed by atoms with E-state index in [2.05, 4.69) is 82.3 Å². The molecule has 0 aromatic heterocycles. The Morgan fingerprint density at radius 3 is 0.880 bits per heavy atom. The first-order valence-electron chi connectivity index (χ1n) is 10.4. The standard InChI is InChI=1S/C21H48N4/c1-19(2)16-22(7)10-13-25(14-11-23(8)17-20(3)4)15-12-24(9)18-21(5)6/h19-21H,10-18H2,1-9H3. The lowest BCUT2D eigenvalue weighted by Crippen LogP contribution is -2.42. The quantitative estimate of drug-likeness (QED) is 0.447. The summed E-state index contributed by atoms with van der Waals surface area (Å²) < 4.78 is 0.